The number of esters is 2. The van der Waals surface area contributed by atoms with Crippen molar-refractivity contribution in [2.45, 2.75) is 39.0 Å². The summed E-state index contributed by atoms with van der Waals surface area (Å²) in [7, 11) is 0. The molecule has 0 aliphatic carbocycles. The van der Waals surface area contributed by atoms with Gasteiger partial charge in [-0.15, -0.1) is 0 Å². The number of unbranched alkanes of at least 4 members (excludes halogenated alkanes) is 3. The Balaban J connectivity index is 2.45. The summed E-state index contributed by atoms with van der Waals surface area (Å²) in [6.07, 6.45) is 1.77. The Bertz CT molecular complexity index is 589. The lowest BCUT2D eigenvalue weighted by atomic mass is 10.1. The summed E-state index contributed by atoms with van der Waals surface area (Å²) in [5, 5.41) is 0. The molecule has 4 nitrogen and oxygen atoms in total. The second-order valence-electron chi connectivity index (χ2n) is 4.88. The van der Waals surface area contributed by atoms with Crippen LogP contribution in [0.2, 0.25) is 0 Å². The largest absolute Gasteiger partial charge is 0.466 e. The van der Waals surface area contributed by atoms with Gasteiger partial charge in [0.1, 0.15) is 0 Å². The van der Waals surface area contributed by atoms with Crippen LogP contribution in [0.1, 0.15) is 39.0 Å². The van der Waals surface area contributed by atoms with Gasteiger partial charge in [-0.25, -0.2) is 13.2 Å². The maximum absolute atomic E-state index is 13.3. The van der Waals surface area contributed by atoms with E-state index in [0.29, 0.717) is 19.3 Å². The third kappa shape index (κ3) is 5.47. The van der Waals surface area contributed by atoms with Crippen molar-refractivity contribution in [1.82, 2.24) is 0 Å². The molecule has 0 atom stereocenters. The van der Waals surface area contributed by atoms with Gasteiger partial charge in [0.2, 0.25) is 34.8 Å². The van der Waals surface area contributed by atoms with Crippen molar-refractivity contribution in [3.8, 4) is 5.75 Å². The normalized spacial score (nSPS) is 10.6. The van der Waals surface area contributed by atoms with Crippen LogP contribution in [-0.4, -0.2) is 18.5 Å². The van der Waals surface area contributed by atoms with Crippen LogP contribution in [0.4, 0.5) is 22.0 Å². The zero-order valence-corrected chi connectivity index (χ0v) is 12.8. The Morgan fingerprint density at radius 3 is 1.83 bits per heavy atom. The lowest BCUT2D eigenvalue weighted by Crippen LogP contribution is -2.13. The zero-order chi connectivity index (χ0) is 18.3. The van der Waals surface area contributed by atoms with Crippen molar-refractivity contribution >= 4 is 11.9 Å². The molecule has 0 heterocycles. The molecule has 134 valence electrons. The van der Waals surface area contributed by atoms with E-state index in [-0.39, 0.29) is 19.4 Å². The molecule has 0 amide bonds. The van der Waals surface area contributed by atoms with E-state index in [0.717, 1.165) is 0 Å². The molecule has 0 bridgehead atoms. The van der Waals surface area contributed by atoms with Gasteiger partial charge in [-0.05, 0) is 12.8 Å². The Hall–Kier alpha value is -2.19. The molecule has 0 radical (unpaired) electrons. The second kappa shape index (κ2) is 9.19. The number of benzene rings is 1. The minimum absolute atomic E-state index is 0.240. The number of ether oxygens (including phenoxy) is 2. The highest BCUT2D eigenvalue weighted by molar-refractivity contribution is 5.72. The van der Waals surface area contributed by atoms with E-state index in [9.17, 15) is 31.5 Å². The monoisotopic (exact) mass is 354 g/mol. The van der Waals surface area contributed by atoms with Gasteiger partial charge in [-0.3, -0.25) is 9.59 Å². The Kier molecular flexibility index (Phi) is 7.60. The van der Waals surface area contributed by atoms with Crippen molar-refractivity contribution < 1.29 is 41.0 Å². The second-order valence-corrected chi connectivity index (χ2v) is 4.88. The summed E-state index contributed by atoms with van der Waals surface area (Å²) in [5.74, 6) is -14.2. The number of hydrogen-bond donors (Lipinski definition) is 0. The van der Waals surface area contributed by atoms with Gasteiger partial charge in [0.25, 0.3) is 0 Å². The first-order valence-electron chi connectivity index (χ1n) is 7.11. The Morgan fingerprint density at radius 2 is 1.29 bits per heavy atom. The first kappa shape index (κ1) is 19.9. The topological polar surface area (TPSA) is 52.6 Å². The highest BCUT2D eigenvalue weighted by Crippen LogP contribution is 2.29. The molecule has 0 saturated heterocycles. The molecular formula is C15H15F5O4. The van der Waals surface area contributed by atoms with E-state index in [4.69, 9.17) is 4.74 Å². The standard InChI is InChI=1S/C15H15F5O4/c1-8(21)23-7-5-3-2-4-6-9(22)24-15-13(19)11(17)10(16)12(18)14(15)20/h2-7H2,1H3. The molecule has 1 rings (SSSR count). The molecule has 0 fully saturated rings. The maximum Gasteiger partial charge on any atom is 0.311 e. The van der Waals surface area contributed by atoms with Gasteiger partial charge in [0.15, 0.2) is 0 Å². The Labute approximate surface area is 134 Å². The van der Waals surface area contributed by atoms with Crippen LogP contribution in [0.5, 0.6) is 5.75 Å². The van der Waals surface area contributed by atoms with Crippen LogP contribution in [0.15, 0.2) is 0 Å². The smallest absolute Gasteiger partial charge is 0.311 e. The van der Waals surface area contributed by atoms with E-state index < -0.39 is 46.8 Å². The Morgan fingerprint density at radius 1 is 0.792 bits per heavy atom. The van der Waals surface area contributed by atoms with Crippen molar-refractivity contribution in [2.24, 2.45) is 0 Å². The molecular weight excluding hydrogens is 339 g/mol. The third-order valence-electron chi connectivity index (χ3n) is 2.97. The number of carbonyl (C=O) groups is 2. The molecule has 0 unspecified atom stereocenters. The van der Waals surface area contributed by atoms with E-state index in [2.05, 4.69) is 4.74 Å². The lowest BCUT2D eigenvalue weighted by molar-refractivity contribution is -0.141. The lowest BCUT2D eigenvalue weighted by Gasteiger charge is -2.08. The van der Waals surface area contributed by atoms with Crippen LogP contribution < -0.4 is 4.74 Å². The van der Waals surface area contributed by atoms with Gasteiger partial charge in [0.05, 0.1) is 6.61 Å². The van der Waals surface area contributed by atoms with E-state index in [1.54, 1.807) is 0 Å². The zero-order valence-electron chi connectivity index (χ0n) is 12.8. The number of rotatable bonds is 8. The first-order valence-corrected chi connectivity index (χ1v) is 7.11. The fourth-order valence-electron chi connectivity index (χ4n) is 1.78. The van der Waals surface area contributed by atoms with Gasteiger partial charge < -0.3 is 9.47 Å². The van der Waals surface area contributed by atoms with Crippen molar-refractivity contribution in [1.29, 1.82) is 0 Å². The molecule has 0 saturated carbocycles. The summed E-state index contributed by atoms with van der Waals surface area (Å²) in [4.78, 5) is 21.9. The molecule has 24 heavy (non-hydrogen) atoms. The predicted octanol–water partition coefficient (Wildman–Crippen LogP) is 3.80. The van der Waals surface area contributed by atoms with Gasteiger partial charge in [-0.1, -0.05) is 12.8 Å². The average Bonchev–Trinajstić information content (AvgIpc) is 2.54. The van der Waals surface area contributed by atoms with Crippen molar-refractivity contribution in [3.63, 3.8) is 0 Å². The molecule has 1 aromatic rings. The van der Waals surface area contributed by atoms with E-state index in [1.165, 1.54) is 6.92 Å². The molecule has 9 heteroatoms. The summed E-state index contributed by atoms with van der Waals surface area (Å²) in [6.45, 7) is 1.51. The number of halogens is 5. The summed E-state index contributed by atoms with van der Waals surface area (Å²) in [5.41, 5.74) is 0. The van der Waals surface area contributed by atoms with Crippen LogP contribution in [0, 0.1) is 29.1 Å². The summed E-state index contributed by atoms with van der Waals surface area (Å²) in [6, 6.07) is 0. The van der Waals surface area contributed by atoms with Gasteiger partial charge in [-0.2, -0.15) is 8.78 Å². The average molecular weight is 354 g/mol. The SMILES string of the molecule is CC(=O)OCCCCCCC(=O)Oc1c(F)c(F)c(F)c(F)c1F. The van der Waals surface area contributed by atoms with Gasteiger partial charge >= 0.3 is 11.9 Å². The van der Waals surface area contributed by atoms with E-state index >= 15 is 0 Å². The summed E-state index contributed by atoms with van der Waals surface area (Å²) >= 11 is 0. The first-order chi connectivity index (χ1) is 11.3. The van der Waals surface area contributed by atoms with E-state index in [1.807, 2.05) is 0 Å². The van der Waals surface area contributed by atoms with Crippen LogP contribution in [0.3, 0.4) is 0 Å². The third-order valence-corrected chi connectivity index (χ3v) is 2.97. The van der Waals surface area contributed by atoms with Crippen LogP contribution >= 0.6 is 0 Å². The number of carbonyl (C=O) groups excluding carboxylic acids is 2. The maximum atomic E-state index is 13.3. The van der Waals surface area contributed by atoms with Crippen LogP contribution in [-0.2, 0) is 14.3 Å². The minimum Gasteiger partial charge on any atom is -0.466 e. The quantitative estimate of drug-likeness (QED) is 0.178. The molecule has 0 spiro atoms. The molecule has 1 aromatic carbocycles. The molecule has 0 aliphatic rings. The fraction of sp³-hybridized carbons (Fsp3) is 0.467. The number of hydrogen-bond acceptors (Lipinski definition) is 4. The summed E-state index contributed by atoms with van der Waals surface area (Å²) < 4.78 is 74.3. The molecule has 0 N–H and O–H groups in total. The van der Waals surface area contributed by atoms with Crippen LogP contribution in [0.25, 0.3) is 0 Å². The van der Waals surface area contributed by atoms with Gasteiger partial charge in [0, 0.05) is 13.3 Å². The minimum atomic E-state index is -2.32. The van der Waals surface area contributed by atoms with Crippen molar-refractivity contribution in [2.75, 3.05) is 6.61 Å². The molecule has 0 aromatic heterocycles. The van der Waals surface area contributed by atoms with Crippen molar-refractivity contribution in [3.05, 3.63) is 29.1 Å². The highest BCUT2D eigenvalue weighted by atomic mass is 19.2. The fourth-order valence-corrected chi connectivity index (χ4v) is 1.78. The molecule has 0 aliphatic heterocycles. The predicted molar refractivity (Wildman–Crippen MR) is 71.6 cm³/mol. The highest BCUT2D eigenvalue weighted by Gasteiger charge is 2.28.